The van der Waals surface area contributed by atoms with Crippen molar-refractivity contribution in [3.8, 4) is 6.07 Å². The minimum absolute atomic E-state index is 0.648. The van der Waals surface area contributed by atoms with Gasteiger partial charge in [-0.3, -0.25) is 0 Å². The van der Waals surface area contributed by atoms with Gasteiger partial charge in [0.1, 0.15) is 0 Å². The van der Waals surface area contributed by atoms with Crippen molar-refractivity contribution in [2.24, 2.45) is 0 Å². The molecule has 19 heavy (non-hydrogen) atoms. The highest BCUT2D eigenvalue weighted by Gasteiger charge is 2.02. The van der Waals surface area contributed by atoms with Gasteiger partial charge in [-0.15, -0.1) is 0 Å². The van der Waals surface area contributed by atoms with Gasteiger partial charge in [-0.1, -0.05) is 36.4 Å². The Labute approximate surface area is 126 Å². The number of halogens is 1. The number of benzene rings is 2. The highest BCUT2D eigenvalue weighted by atomic mass is 127. The van der Waals surface area contributed by atoms with E-state index in [1.807, 2.05) is 42.5 Å². The van der Waals surface area contributed by atoms with Gasteiger partial charge in [-0.05, 0) is 46.4 Å². The third-order valence-electron chi connectivity index (χ3n) is 2.67. The minimum atomic E-state index is 0.648. The number of nitrogens with zero attached hydrogens (tertiary/aromatic N) is 1. The second-order valence-electron chi connectivity index (χ2n) is 4.06. The van der Waals surface area contributed by atoms with Crippen LogP contribution in [0.25, 0.3) is 0 Å². The van der Waals surface area contributed by atoms with E-state index in [0.717, 1.165) is 5.69 Å². The van der Waals surface area contributed by atoms with Crippen LogP contribution < -0.4 is 5.32 Å². The van der Waals surface area contributed by atoms with E-state index in [4.69, 9.17) is 0 Å². The number of anilines is 1. The molecule has 0 heterocycles. The third-order valence-corrected chi connectivity index (χ3v) is 3.72. The molecule has 2 aromatic carbocycles. The second-order valence-corrected chi connectivity index (χ2v) is 5.22. The first-order valence-electron chi connectivity index (χ1n) is 5.94. The smallest absolute Gasteiger partial charge is 0.0965 e. The Kier molecular flexibility index (Phi) is 4.99. The lowest BCUT2D eigenvalue weighted by molar-refractivity contribution is 1.17. The summed E-state index contributed by atoms with van der Waals surface area (Å²) in [5.74, 6) is 0. The van der Waals surface area contributed by atoms with E-state index in [-0.39, 0.29) is 0 Å². The van der Waals surface area contributed by atoms with Crippen molar-refractivity contribution >= 4 is 28.3 Å². The summed E-state index contributed by atoms with van der Waals surface area (Å²) in [6.45, 7) is 0. The zero-order valence-electron chi connectivity index (χ0n) is 10.3. The van der Waals surface area contributed by atoms with E-state index in [9.17, 15) is 5.26 Å². The van der Waals surface area contributed by atoms with E-state index in [1.54, 1.807) is 6.20 Å². The zero-order valence-corrected chi connectivity index (χ0v) is 12.5. The Balaban J connectivity index is 2.09. The highest BCUT2D eigenvalue weighted by Crippen LogP contribution is 2.16. The Morgan fingerprint density at radius 2 is 1.79 bits per heavy atom. The van der Waals surface area contributed by atoms with Gasteiger partial charge in [0.05, 0.1) is 6.07 Å². The maximum Gasteiger partial charge on any atom is 0.0965 e. The van der Waals surface area contributed by atoms with Gasteiger partial charge in [0.25, 0.3) is 0 Å². The number of hydrogen-bond donors (Lipinski definition) is 1. The van der Waals surface area contributed by atoms with Crippen molar-refractivity contribution in [2.75, 3.05) is 5.32 Å². The van der Waals surface area contributed by atoms with Crippen LogP contribution in [-0.4, -0.2) is 0 Å². The summed E-state index contributed by atoms with van der Waals surface area (Å²) < 4.78 is 1.18. The number of nitrogens with one attached hydrogen (secondary N) is 1. The Morgan fingerprint density at radius 1 is 1.11 bits per heavy atom. The van der Waals surface area contributed by atoms with Gasteiger partial charge in [0, 0.05) is 27.5 Å². The summed E-state index contributed by atoms with van der Waals surface area (Å²) in [4.78, 5) is 0. The van der Waals surface area contributed by atoms with Crippen LogP contribution in [-0.2, 0) is 6.42 Å². The van der Waals surface area contributed by atoms with Crippen molar-refractivity contribution in [3.63, 3.8) is 0 Å². The standard InChI is InChI=1S/C16H13IN2/c17-16-9-5-4-6-14(16)10-13(11-18)12-19-15-7-2-1-3-8-15/h1-9,12,19H,10H2. The van der Waals surface area contributed by atoms with Crippen LogP contribution >= 0.6 is 22.6 Å². The normalized spacial score (nSPS) is 10.8. The molecule has 0 saturated carbocycles. The van der Waals surface area contributed by atoms with E-state index < -0.39 is 0 Å². The molecule has 0 aromatic heterocycles. The van der Waals surface area contributed by atoms with Crippen molar-refractivity contribution in [1.29, 1.82) is 5.26 Å². The van der Waals surface area contributed by atoms with Crippen LogP contribution in [0.3, 0.4) is 0 Å². The molecule has 2 nitrogen and oxygen atoms in total. The van der Waals surface area contributed by atoms with Crippen molar-refractivity contribution < 1.29 is 0 Å². The molecule has 0 radical (unpaired) electrons. The zero-order chi connectivity index (χ0) is 13.5. The number of nitriles is 1. The molecule has 3 heteroatoms. The first-order chi connectivity index (χ1) is 9.29. The second kappa shape index (κ2) is 6.95. The lowest BCUT2D eigenvalue weighted by atomic mass is 10.1. The fraction of sp³-hybridized carbons (Fsp3) is 0.0625. The average molecular weight is 360 g/mol. The molecule has 0 atom stereocenters. The van der Waals surface area contributed by atoms with Crippen LogP contribution in [0.4, 0.5) is 5.69 Å². The summed E-state index contributed by atoms with van der Waals surface area (Å²) in [7, 11) is 0. The number of hydrogen-bond acceptors (Lipinski definition) is 2. The van der Waals surface area contributed by atoms with Gasteiger partial charge in [-0.2, -0.15) is 5.26 Å². The molecular weight excluding hydrogens is 347 g/mol. The van der Waals surface area contributed by atoms with Gasteiger partial charge >= 0.3 is 0 Å². The van der Waals surface area contributed by atoms with Crippen LogP contribution in [0.2, 0.25) is 0 Å². The average Bonchev–Trinajstić information content (AvgIpc) is 2.46. The molecule has 0 saturated heterocycles. The third kappa shape index (κ3) is 4.11. The van der Waals surface area contributed by atoms with Gasteiger partial charge in [0.2, 0.25) is 0 Å². The van der Waals surface area contributed by atoms with E-state index in [0.29, 0.717) is 12.0 Å². The molecule has 0 aliphatic heterocycles. The lowest BCUT2D eigenvalue weighted by Gasteiger charge is -2.04. The molecule has 1 N–H and O–H groups in total. The van der Waals surface area contributed by atoms with Crippen LogP contribution in [0, 0.1) is 14.9 Å². The van der Waals surface area contributed by atoms with Gasteiger partial charge in [0.15, 0.2) is 0 Å². The Hall–Kier alpha value is -1.80. The summed E-state index contributed by atoms with van der Waals surface area (Å²) in [5, 5.41) is 12.3. The molecule has 0 aliphatic rings. The summed E-state index contributed by atoms with van der Waals surface area (Å²) in [6.07, 6.45) is 2.42. The summed E-state index contributed by atoms with van der Waals surface area (Å²) in [5.41, 5.74) is 2.87. The lowest BCUT2D eigenvalue weighted by Crippen LogP contribution is -1.95. The molecule has 2 aromatic rings. The molecular formula is C16H13IN2. The molecule has 94 valence electrons. The SMILES string of the molecule is N#CC(=CNc1ccccc1)Cc1ccccc1I. The molecule has 0 aliphatic carbocycles. The Bertz CT molecular complexity index is 612. The fourth-order valence-electron chi connectivity index (χ4n) is 1.67. The quantitative estimate of drug-likeness (QED) is 0.650. The molecule has 0 unspecified atom stereocenters. The van der Waals surface area contributed by atoms with Crippen molar-refractivity contribution in [1.82, 2.24) is 0 Å². The largest absolute Gasteiger partial charge is 0.361 e. The number of allylic oxidation sites excluding steroid dienone is 1. The van der Waals surface area contributed by atoms with Crippen molar-refractivity contribution in [2.45, 2.75) is 6.42 Å². The van der Waals surface area contributed by atoms with Gasteiger partial charge in [-0.25, -0.2) is 0 Å². The maximum absolute atomic E-state index is 9.20. The number of para-hydroxylation sites is 1. The predicted octanol–water partition coefficient (Wildman–Crippen LogP) is 4.35. The first-order valence-corrected chi connectivity index (χ1v) is 7.01. The number of rotatable bonds is 4. The van der Waals surface area contributed by atoms with Crippen LogP contribution in [0.5, 0.6) is 0 Å². The molecule has 0 fully saturated rings. The molecule has 2 rings (SSSR count). The highest BCUT2D eigenvalue weighted by molar-refractivity contribution is 14.1. The Morgan fingerprint density at radius 3 is 2.47 bits per heavy atom. The van der Waals surface area contributed by atoms with Crippen LogP contribution in [0.15, 0.2) is 66.4 Å². The van der Waals surface area contributed by atoms with Gasteiger partial charge < -0.3 is 5.32 Å². The van der Waals surface area contributed by atoms with E-state index in [1.165, 1.54) is 9.13 Å². The molecule has 0 bridgehead atoms. The van der Waals surface area contributed by atoms with E-state index >= 15 is 0 Å². The maximum atomic E-state index is 9.20. The molecule has 0 spiro atoms. The fourth-order valence-corrected chi connectivity index (χ4v) is 2.25. The summed E-state index contributed by atoms with van der Waals surface area (Å²) in [6, 6.07) is 20.2. The first kappa shape index (κ1) is 13.6. The summed E-state index contributed by atoms with van der Waals surface area (Å²) >= 11 is 2.29. The minimum Gasteiger partial charge on any atom is -0.361 e. The van der Waals surface area contributed by atoms with E-state index in [2.05, 4.69) is 46.1 Å². The predicted molar refractivity (Wildman–Crippen MR) is 86.6 cm³/mol. The monoisotopic (exact) mass is 360 g/mol. The molecule has 0 amide bonds. The topological polar surface area (TPSA) is 35.8 Å². The van der Waals surface area contributed by atoms with Crippen molar-refractivity contribution in [3.05, 3.63) is 75.5 Å². The van der Waals surface area contributed by atoms with Crippen LogP contribution in [0.1, 0.15) is 5.56 Å².